The molecule has 1 aliphatic rings. The third-order valence-electron chi connectivity index (χ3n) is 3.71. The lowest BCUT2D eigenvalue weighted by Gasteiger charge is -2.27. The zero-order chi connectivity index (χ0) is 13.8. The molecule has 20 heavy (non-hydrogen) atoms. The molecule has 3 heteroatoms. The minimum absolute atomic E-state index is 0.809. The summed E-state index contributed by atoms with van der Waals surface area (Å²) in [6, 6.07) is 16.7. The molecule has 0 aromatic heterocycles. The Kier molecular flexibility index (Phi) is 4.00. The van der Waals surface area contributed by atoms with Crippen LogP contribution in [-0.2, 0) is 11.3 Å². The summed E-state index contributed by atoms with van der Waals surface area (Å²) in [7, 11) is 0. The highest BCUT2D eigenvalue weighted by molar-refractivity contribution is 5.70. The first-order chi connectivity index (χ1) is 9.83. The third-order valence-corrected chi connectivity index (χ3v) is 3.71. The fourth-order valence-electron chi connectivity index (χ4n) is 2.65. The largest absolute Gasteiger partial charge is 0.399 e. The molecule has 0 radical (unpaired) electrons. The van der Waals surface area contributed by atoms with E-state index in [2.05, 4.69) is 35.2 Å². The van der Waals surface area contributed by atoms with E-state index in [1.165, 1.54) is 16.7 Å². The Labute approximate surface area is 120 Å². The summed E-state index contributed by atoms with van der Waals surface area (Å²) < 4.78 is 5.41. The first-order valence-electron chi connectivity index (χ1n) is 7.07. The van der Waals surface area contributed by atoms with Crippen molar-refractivity contribution in [1.29, 1.82) is 0 Å². The van der Waals surface area contributed by atoms with E-state index in [1.54, 1.807) is 0 Å². The molecular formula is C17H20N2O. The van der Waals surface area contributed by atoms with Crippen LogP contribution >= 0.6 is 0 Å². The number of hydrogen-bond acceptors (Lipinski definition) is 3. The quantitative estimate of drug-likeness (QED) is 0.870. The van der Waals surface area contributed by atoms with Gasteiger partial charge in [-0.25, -0.2) is 0 Å². The van der Waals surface area contributed by atoms with Crippen molar-refractivity contribution in [2.75, 3.05) is 32.0 Å². The van der Waals surface area contributed by atoms with Crippen LogP contribution < -0.4 is 5.73 Å². The van der Waals surface area contributed by atoms with Gasteiger partial charge in [-0.15, -0.1) is 0 Å². The van der Waals surface area contributed by atoms with E-state index in [0.717, 1.165) is 38.5 Å². The molecule has 3 rings (SSSR count). The topological polar surface area (TPSA) is 38.5 Å². The molecule has 1 saturated heterocycles. The van der Waals surface area contributed by atoms with E-state index < -0.39 is 0 Å². The Hall–Kier alpha value is -1.84. The van der Waals surface area contributed by atoms with Crippen molar-refractivity contribution in [3.8, 4) is 11.1 Å². The Morgan fingerprint density at radius 1 is 1.00 bits per heavy atom. The maximum absolute atomic E-state index is 5.90. The first-order valence-corrected chi connectivity index (χ1v) is 7.07. The molecule has 0 spiro atoms. The maximum atomic E-state index is 5.90. The van der Waals surface area contributed by atoms with E-state index in [4.69, 9.17) is 10.5 Å². The van der Waals surface area contributed by atoms with Crippen LogP contribution in [0.5, 0.6) is 0 Å². The van der Waals surface area contributed by atoms with Gasteiger partial charge in [-0.2, -0.15) is 0 Å². The second-order valence-electron chi connectivity index (χ2n) is 5.17. The van der Waals surface area contributed by atoms with Gasteiger partial charge in [-0.3, -0.25) is 4.90 Å². The number of morpholine rings is 1. The Balaban J connectivity index is 1.87. The van der Waals surface area contributed by atoms with Crippen LogP contribution in [0, 0.1) is 0 Å². The Morgan fingerprint density at radius 3 is 2.60 bits per heavy atom. The van der Waals surface area contributed by atoms with Gasteiger partial charge < -0.3 is 10.5 Å². The SMILES string of the molecule is Nc1cccc(-c2ccccc2CN2CCOCC2)c1. The van der Waals surface area contributed by atoms with Gasteiger partial charge in [0.25, 0.3) is 0 Å². The van der Waals surface area contributed by atoms with Gasteiger partial charge in [0.1, 0.15) is 0 Å². The standard InChI is InChI=1S/C17H20N2O/c18-16-6-3-5-14(12-16)17-7-2-1-4-15(17)13-19-8-10-20-11-9-19/h1-7,12H,8-11,13,18H2. The lowest BCUT2D eigenvalue weighted by atomic mass is 9.99. The Bertz CT molecular complexity index is 577. The van der Waals surface area contributed by atoms with Gasteiger partial charge in [0.2, 0.25) is 0 Å². The third kappa shape index (κ3) is 3.00. The van der Waals surface area contributed by atoms with E-state index in [-0.39, 0.29) is 0 Å². The van der Waals surface area contributed by atoms with Crippen LogP contribution in [-0.4, -0.2) is 31.2 Å². The van der Waals surface area contributed by atoms with Gasteiger partial charge in [0.05, 0.1) is 13.2 Å². The van der Waals surface area contributed by atoms with Crippen molar-refractivity contribution in [3.63, 3.8) is 0 Å². The number of benzene rings is 2. The highest BCUT2D eigenvalue weighted by atomic mass is 16.5. The van der Waals surface area contributed by atoms with Crippen LogP contribution in [0.15, 0.2) is 48.5 Å². The van der Waals surface area contributed by atoms with Gasteiger partial charge in [-0.05, 0) is 28.8 Å². The predicted molar refractivity (Wildman–Crippen MR) is 82.4 cm³/mol. The van der Waals surface area contributed by atoms with Crippen molar-refractivity contribution in [2.45, 2.75) is 6.54 Å². The predicted octanol–water partition coefficient (Wildman–Crippen LogP) is 2.77. The lowest BCUT2D eigenvalue weighted by Crippen LogP contribution is -2.35. The van der Waals surface area contributed by atoms with E-state index in [0.29, 0.717) is 0 Å². The second-order valence-corrected chi connectivity index (χ2v) is 5.17. The monoisotopic (exact) mass is 268 g/mol. The average molecular weight is 268 g/mol. The van der Waals surface area contributed by atoms with Crippen LogP contribution in [0.3, 0.4) is 0 Å². The maximum Gasteiger partial charge on any atom is 0.0594 e. The lowest BCUT2D eigenvalue weighted by molar-refractivity contribution is 0.0342. The van der Waals surface area contributed by atoms with Crippen molar-refractivity contribution >= 4 is 5.69 Å². The van der Waals surface area contributed by atoms with Gasteiger partial charge in [0.15, 0.2) is 0 Å². The molecular weight excluding hydrogens is 248 g/mol. The molecule has 1 heterocycles. The average Bonchev–Trinajstić information content (AvgIpc) is 2.49. The first kappa shape index (κ1) is 13.2. The van der Waals surface area contributed by atoms with Crippen molar-refractivity contribution in [2.24, 2.45) is 0 Å². The van der Waals surface area contributed by atoms with Crippen molar-refractivity contribution < 1.29 is 4.74 Å². The molecule has 0 atom stereocenters. The van der Waals surface area contributed by atoms with Crippen LogP contribution in [0.2, 0.25) is 0 Å². The molecule has 0 bridgehead atoms. The summed E-state index contributed by atoms with van der Waals surface area (Å²) in [6.07, 6.45) is 0. The fraction of sp³-hybridized carbons (Fsp3) is 0.294. The second kappa shape index (κ2) is 6.07. The minimum Gasteiger partial charge on any atom is -0.399 e. The number of hydrogen-bond donors (Lipinski definition) is 1. The Morgan fingerprint density at radius 2 is 1.80 bits per heavy atom. The molecule has 0 unspecified atom stereocenters. The molecule has 0 amide bonds. The number of nitrogens with zero attached hydrogens (tertiary/aromatic N) is 1. The number of nitrogen functional groups attached to an aromatic ring is 1. The zero-order valence-electron chi connectivity index (χ0n) is 11.6. The van der Waals surface area contributed by atoms with Gasteiger partial charge >= 0.3 is 0 Å². The molecule has 104 valence electrons. The fourth-order valence-corrected chi connectivity index (χ4v) is 2.65. The summed E-state index contributed by atoms with van der Waals surface area (Å²) in [5, 5.41) is 0. The number of rotatable bonds is 3. The zero-order valence-corrected chi connectivity index (χ0v) is 11.6. The summed E-state index contributed by atoms with van der Waals surface area (Å²) in [6.45, 7) is 4.64. The molecule has 3 nitrogen and oxygen atoms in total. The molecule has 2 aromatic rings. The van der Waals surface area contributed by atoms with Crippen LogP contribution in [0.25, 0.3) is 11.1 Å². The summed E-state index contributed by atoms with van der Waals surface area (Å²) in [5.74, 6) is 0. The molecule has 2 N–H and O–H groups in total. The molecule has 1 aliphatic heterocycles. The van der Waals surface area contributed by atoms with E-state index in [9.17, 15) is 0 Å². The normalized spacial score (nSPS) is 16.2. The van der Waals surface area contributed by atoms with Crippen LogP contribution in [0.1, 0.15) is 5.56 Å². The number of anilines is 1. The van der Waals surface area contributed by atoms with E-state index in [1.807, 2.05) is 18.2 Å². The molecule has 2 aromatic carbocycles. The summed E-state index contributed by atoms with van der Waals surface area (Å²) in [5.41, 5.74) is 10.5. The highest BCUT2D eigenvalue weighted by Gasteiger charge is 2.13. The van der Waals surface area contributed by atoms with Gasteiger partial charge in [-0.1, -0.05) is 36.4 Å². The van der Waals surface area contributed by atoms with E-state index >= 15 is 0 Å². The van der Waals surface area contributed by atoms with Crippen LogP contribution in [0.4, 0.5) is 5.69 Å². The molecule has 1 fully saturated rings. The minimum atomic E-state index is 0.809. The number of ether oxygens (including phenoxy) is 1. The molecule has 0 saturated carbocycles. The smallest absolute Gasteiger partial charge is 0.0594 e. The molecule has 0 aliphatic carbocycles. The summed E-state index contributed by atoms with van der Waals surface area (Å²) in [4.78, 5) is 2.44. The van der Waals surface area contributed by atoms with Crippen molar-refractivity contribution in [3.05, 3.63) is 54.1 Å². The van der Waals surface area contributed by atoms with Crippen molar-refractivity contribution in [1.82, 2.24) is 4.90 Å². The van der Waals surface area contributed by atoms with Gasteiger partial charge in [0, 0.05) is 25.3 Å². The number of nitrogens with two attached hydrogens (primary N) is 1. The highest BCUT2D eigenvalue weighted by Crippen LogP contribution is 2.26. The summed E-state index contributed by atoms with van der Waals surface area (Å²) >= 11 is 0.